The fraction of sp³-hybridized carbons (Fsp3) is 0.333. The molecule has 4 heteroatoms. The highest BCUT2D eigenvalue weighted by Gasteiger charge is 2.02. The predicted octanol–water partition coefficient (Wildman–Crippen LogP) is 2.65. The molecule has 1 aromatic heterocycles. The van der Waals surface area contributed by atoms with Gasteiger partial charge in [0.1, 0.15) is 1.93 Å². The standard InChI is InChI=1S/C6H6I2N2/c1-4-2-3-5(6(7)8)10-9-4/h2-3,6H,1H3. The van der Waals surface area contributed by atoms with Crippen molar-refractivity contribution < 1.29 is 0 Å². The molecule has 1 rings (SSSR count). The summed E-state index contributed by atoms with van der Waals surface area (Å²) in [6, 6.07) is 3.98. The van der Waals surface area contributed by atoms with Crippen LogP contribution in [0.3, 0.4) is 0 Å². The lowest BCUT2D eigenvalue weighted by atomic mass is 10.4. The molecular weight excluding hydrogens is 354 g/mol. The summed E-state index contributed by atoms with van der Waals surface area (Å²) < 4.78 is 0.420. The second-order valence-corrected chi connectivity index (χ2v) is 6.77. The number of hydrogen-bond donors (Lipinski definition) is 0. The summed E-state index contributed by atoms with van der Waals surface area (Å²) in [4.78, 5) is 0. The third kappa shape index (κ3) is 2.30. The van der Waals surface area contributed by atoms with Gasteiger partial charge in [-0.3, -0.25) is 0 Å². The Morgan fingerprint density at radius 1 is 1.30 bits per heavy atom. The van der Waals surface area contributed by atoms with E-state index in [0.29, 0.717) is 1.93 Å². The van der Waals surface area contributed by atoms with Gasteiger partial charge in [-0.1, -0.05) is 45.2 Å². The first kappa shape index (κ1) is 8.63. The van der Waals surface area contributed by atoms with Gasteiger partial charge < -0.3 is 0 Å². The molecule has 1 heterocycles. The zero-order valence-corrected chi connectivity index (χ0v) is 9.70. The molecule has 0 aliphatic rings. The number of aryl methyl sites for hydroxylation is 1. The summed E-state index contributed by atoms with van der Waals surface area (Å²) in [5.74, 6) is 0. The molecule has 0 saturated heterocycles. The van der Waals surface area contributed by atoms with Crippen LogP contribution in [-0.4, -0.2) is 10.2 Å². The van der Waals surface area contributed by atoms with Gasteiger partial charge in [-0.05, 0) is 19.1 Å². The van der Waals surface area contributed by atoms with E-state index in [1.54, 1.807) is 0 Å². The van der Waals surface area contributed by atoms with Gasteiger partial charge >= 0.3 is 0 Å². The van der Waals surface area contributed by atoms with E-state index in [2.05, 4.69) is 55.4 Å². The molecule has 0 bridgehead atoms. The maximum absolute atomic E-state index is 4.01. The normalized spacial score (nSPS) is 10.4. The minimum absolute atomic E-state index is 0.420. The van der Waals surface area contributed by atoms with Crippen molar-refractivity contribution in [3.05, 3.63) is 23.5 Å². The van der Waals surface area contributed by atoms with Gasteiger partial charge in [0.25, 0.3) is 0 Å². The summed E-state index contributed by atoms with van der Waals surface area (Å²) in [5, 5.41) is 7.95. The Balaban J connectivity index is 2.89. The third-order valence-electron chi connectivity index (χ3n) is 1.04. The van der Waals surface area contributed by atoms with Crippen molar-refractivity contribution in [2.45, 2.75) is 8.86 Å². The first-order valence-corrected chi connectivity index (χ1v) is 5.27. The molecule has 1 aromatic rings. The van der Waals surface area contributed by atoms with Crippen molar-refractivity contribution in [2.24, 2.45) is 0 Å². The van der Waals surface area contributed by atoms with Crippen LogP contribution in [-0.2, 0) is 0 Å². The van der Waals surface area contributed by atoms with E-state index < -0.39 is 0 Å². The highest BCUT2D eigenvalue weighted by atomic mass is 127. The van der Waals surface area contributed by atoms with Gasteiger partial charge in [0.2, 0.25) is 0 Å². The molecule has 0 N–H and O–H groups in total. The fourth-order valence-electron chi connectivity index (χ4n) is 0.526. The maximum Gasteiger partial charge on any atom is 0.106 e. The molecule has 2 nitrogen and oxygen atoms in total. The van der Waals surface area contributed by atoms with E-state index >= 15 is 0 Å². The van der Waals surface area contributed by atoms with Crippen molar-refractivity contribution in [1.82, 2.24) is 10.2 Å². The summed E-state index contributed by atoms with van der Waals surface area (Å²) >= 11 is 4.61. The SMILES string of the molecule is Cc1ccc(C(I)I)nn1. The number of nitrogens with zero attached hydrogens (tertiary/aromatic N) is 2. The average molecular weight is 360 g/mol. The number of alkyl halides is 2. The van der Waals surface area contributed by atoms with Crippen molar-refractivity contribution in [3.8, 4) is 0 Å². The Kier molecular flexibility index (Phi) is 3.28. The summed E-state index contributed by atoms with van der Waals surface area (Å²) in [5.41, 5.74) is 2.00. The second kappa shape index (κ2) is 3.80. The molecule has 0 atom stereocenters. The minimum atomic E-state index is 0.420. The Morgan fingerprint density at radius 2 is 2.00 bits per heavy atom. The lowest BCUT2D eigenvalue weighted by molar-refractivity contribution is 0.939. The van der Waals surface area contributed by atoms with E-state index in [-0.39, 0.29) is 0 Å². The maximum atomic E-state index is 4.01. The van der Waals surface area contributed by atoms with Crippen molar-refractivity contribution in [2.75, 3.05) is 0 Å². The predicted molar refractivity (Wildman–Crippen MR) is 57.6 cm³/mol. The lowest BCUT2D eigenvalue weighted by Gasteiger charge is -1.98. The molecule has 0 amide bonds. The molecule has 0 radical (unpaired) electrons. The minimum Gasteiger partial charge on any atom is -0.156 e. The fourth-order valence-corrected chi connectivity index (χ4v) is 1.19. The van der Waals surface area contributed by atoms with E-state index in [9.17, 15) is 0 Å². The zero-order valence-electron chi connectivity index (χ0n) is 5.38. The molecule has 10 heavy (non-hydrogen) atoms. The quantitative estimate of drug-likeness (QED) is 0.569. The highest BCUT2D eigenvalue weighted by Crippen LogP contribution is 2.27. The monoisotopic (exact) mass is 360 g/mol. The van der Waals surface area contributed by atoms with Gasteiger partial charge in [-0.25, -0.2) is 0 Å². The van der Waals surface area contributed by atoms with Crippen LogP contribution in [0.2, 0.25) is 0 Å². The Hall–Kier alpha value is 0.540. The third-order valence-corrected chi connectivity index (χ3v) is 2.32. The van der Waals surface area contributed by atoms with Gasteiger partial charge in [0, 0.05) is 0 Å². The van der Waals surface area contributed by atoms with Crippen LogP contribution < -0.4 is 0 Å². The van der Waals surface area contributed by atoms with Gasteiger partial charge in [-0.2, -0.15) is 10.2 Å². The Labute approximate surface area is 87.1 Å². The molecule has 0 fully saturated rings. The van der Waals surface area contributed by atoms with Gasteiger partial charge in [-0.15, -0.1) is 0 Å². The number of aromatic nitrogens is 2. The molecule has 0 aromatic carbocycles. The number of rotatable bonds is 1. The summed E-state index contributed by atoms with van der Waals surface area (Å²) in [6.45, 7) is 1.94. The number of halogens is 2. The Morgan fingerprint density at radius 3 is 2.40 bits per heavy atom. The average Bonchev–Trinajstić information content (AvgIpc) is 1.88. The first-order valence-electron chi connectivity index (χ1n) is 2.78. The van der Waals surface area contributed by atoms with E-state index in [1.807, 2.05) is 19.1 Å². The molecule has 0 aliphatic carbocycles. The van der Waals surface area contributed by atoms with Crippen LogP contribution in [0, 0.1) is 6.92 Å². The molecule has 0 spiro atoms. The van der Waals surface area contributed by atoms with Crippen LogP contribution in [0.4, 0.5) is 0 Å². The van der Waals surface area contributed by atoms with E-state index in [1.165, 1.54) is 0 Å². The summed E-state index contributed by atoms with van der Waals surface area (Å²) in [6.07, 6.45) is 0. The summed E-state index contributed by atoms with van der Waals surface area (Å²) in [7, 11) is 0. The highest BCUT2D eigenvalue weighted by molar-refractivity contribution is 14.2. The van der Waals surface area contributed by atoms with Crippen LogP contribution in [0.25, 0.3) is 0 Å². The van der Waals surface area contributed by atoms with Gasteiger partial charge in [0.05, 0.1) is 11.4 Å². The van der Waals surface area contributed by atoms with E-state index in [4.69, 9.17) is 0 Å². The molecule has 0 aliphatic heterocycles. The smallest absolute Gasteiger partial charge is 0.106 e. The topological polar surface area (TPSA) is 25.8 Å². The van der Waals surface area contributed by atoms with Crippen molar-refractivity contribution in [3.63, 3.8) is 0 Å². The first-order chi connectivity index (χ1) is 4.70. The molecule has 0 unspecified atom stereocenters. The van der Waals surface area contributed by atoms with Crippen molar-refractivity contribution >= 4 is 45.2 Å². The van der Waals surface area contributed by atoms with E-state index in [0.717, 1.165) is 11.4 Å². The lowest BCUT2D eigenvalue weighted by Crippen LogP contribution is -1.91. The van der Waals surface area contributed by atoms with Crippen molar-refractivity contribution in [1.29, 1.82) is 0 Å². The van der Waals surface area contributed by atoms with Crippen LogP contribution >= 0.6 is 45.2 Å². The van der Waals surface area contributed by atoms with Crippen LogP contribution in [0.15, 0.2) is 12.1 Å². The van der Waals surface area contributed by atoms with Crippen LogP contribution in [0.5, 0.6) is 0 Å². The molecule has 54 valence electrons. The number of hydrogen-bond acceptors (Lipinski definition) is 2. The second-order valence-electron chi connectivity index (χ2n) is 1.90. The Bertz CT molecular complexity index is 207. The molecular formula is C6H6I2N2. The van der Waals surface area contributed by atoms with Crippen LogP contribution in [0.1, 0.15) is 13.3 Å². The van der Waals surface area contributed by atoms with Gasteiger partial charge in [0.15, 0.2) is 0 Å². The zero-order chi connectivity index (χ0) is 7.56. The molecule has 0 saturated carbocycles. The largest absolute Gasteiger partial charge is 0.156 e.